The van der Waals surface area contributed by atoms with Crippen LogP contribution < -0.4 is 0 Å². The van der Waals surface area contributed by atoms with Crippen LogP contribution >= 0.6 is 0 Å². The normalized spacial score (nSPS) is 21.3. The van der Waals surface area contributed by atoms with Crippen LogP contribution in [0.2, 0.25) is 0 Å². The summed E-state index contributed by atoms with van der Waals surface area (Å²) in [6, 6.07) is 17.4. The van der Waals surface area contributed by atoms with Crippen molar-refractivity contribution < 1.29 is 14.7 Å². The van der Waals surface area contributed by atoms with Gasteiger partial charge in [-0.15, -0.1) is 0 Å². The van der Waals surface area contributed by atoms with Crippen LogP contribution in [0, 0.1) is 0 Å². The maximum atomic E-state index is 12.3. The SMILES string of the molecule is O=C1C=CC(=O)C(O)(c2cccc3cc4ccccc4cc23)C1. The third-order valence-electron chi connectivity index (χ3n) is 4.45. The number of rotatable bonds is 1. The largest absolute Gasteiger partial charge is 0.376 e. The summed E-state index contributed by atoms with van der Waals surface area (Å²) < 4.78 is 0. The molecule has 3 aromatic carbocycles. The van der Waals surface area contributed by atoms with Crippen molar-refractivity contribution in [3.8, 4) is 0 Å². The highest BCUT2D eigenvalue weighted by atomic mass is 16.3. The number of hydrogen-bond acceptors (Lipinski definition) is 3. The monoisotopic (exact) mass is 302 g/mol. The first kappa shape index (κ1) is 13.9. The Morgan fingerprint density at radius 3 is 2.30 bits per heavy atom. The summed E-state index contributed by atoms with van der Waals surface area (Å²) in [4.78, 5) is 24.0. The fourth-order valence-electron chi connectivity index (χ4n) is 3.26. The van der Waals surface area contributed by atoms with Crippen molar-refractivity contribution in [2.75, 3.05) is 0 Å². The molecule has 0 bridgehead atoms. The van der Waals surface area contributed by atoms with Crippen molar-refractivity contribution in [3.05, 3.63) is 72.3 Å². The molecule has 0 fully saturated rings. The van der Waals surface area contributed by atoms with Crippen LogP contribution in [0.25, 0.3) is 21.5 Å². The molecule has 0 radical (unpaired) electrons. The topological polar surface area (TPSA) is 54.4 Å². The van der Waals surface area contributed by atoms with E-state index in [1.807, 2.05) is 42.5 Å². The van der Waals surface area contributed by atoms with Crippen LogP contribution in [-0.2, 0) is 15.2 Å². The number of carbonyl (C=O) groups excluding carboxylic acids is 2. The summed E-state index contributed by atoms with van der Waals surface area (Å²) in [6.07, 6.45) is 2.19. The summed E-state index contributed by atoms with van der Waals surface area (Å²) in [5.74, 6) is -0.692. The van der Waals surface area contributed by atoms with Crippen molar-refractivity contribution in [1.82, 2.24) is 0 Å². The number of ketones is 2. The zero-order chi connectivity index (χ0) is 16.0. The molecule has 1 unspecified atom stereocenters. The van der Waals surface area contributed by atoms with Gasteiger partial charge in [0.05, 0.1) is 6.42 Å². The molecule has 4 rings (SSSR count). The van der Waals surface area contributed by atoms with Gasteiger partial charge >= 0.3 is 0 Å². The van der Waals surface area contributed by atoms with Gasteiger partial charge in [-0.05, 0) is 51.4 Å². The number of fused-ring (bicyclic) bond motifs is 2. The molecule has 0 aromatic heterocycles. The first-order valence-corrected chi connectivity index (χ1v) is 7.48. The molecule has 1 aliphatic rings. The lowest BCUT2D eigenvalue weighted by Gasteiger charge is -2.28. The Bertz CT molecular complexity index is 1000. The third-order valence-corrected chi connectivity index (χ3v) is 4.45. The molecular weight excluding hydrogens is 288 g/mol. The Balaban J connectivity index is 2.03. The van der Waals surface area contributed by atoms with Crippen LogP contribution in [0.15, 0.2) is 66.7 Å². The number of allylic oxidation sites excluding steroid dienone is 1. The molecule has 0 saturated carbocycles. The molecular formula is C20H14O3. The minimum Gasteiger partial charge on any atom is -0.376 e. The molecule has 0 saturated heterocycles. The second kappa shape index (κ2) is 4.86. The van der Waals surface area contributed by atoms with Gasteiger partial charge in [0.1, 0.15) is 0 Å². The molecule has 3 heteroatoms. The van der Waals surface area contributed by atoms with Gasteiger partial charge in [0, 0.05) is 0 Å². The molecule has 0 heterocycles. The van der Waals surface area contributed by atoms with Gasteiger partial charge in [-0.2, -0.15) is 0 Å². The fraction of sp³-hybridized carbons (Fsp3) is 0.100. The van der Waals surface area contributed by atoms with E-state index >= 15 is 0 Å². The molecule has 3 aromatic rings. The average Bonchev–Trinajstić information content (AvgIpc) is 2.56. The van der Waals surface area contributed by atoms with Crippen LogP contribution in [0.4, 0.5) is 0 Å². The molecule has 3 nitrogen and oxygen atoms in total. The quantitative estimate of drug-likeness (QED) is 0.702. The Kier molecular flexibility index (Phi) is 2.93. The highest BCUT2D eigenvalue weighted by molar-refractivity contribution is 6.12. The molecule has 0 aliphatic heterocycles. The van der Waals surface area contributed by atoms with E-state index < -0.39 is 11.4 Å². The van der Waals surface area contributed by atoms with Gasteiger partial charge in [-0.3, -0.25) is 9.59 Å². The summed E-state index contributed by atoms with van der Waals surface area (Å²) in [5, 5.41) is 14.8. The summed E-state index contributed by atoms with van der Waals surface area (Å²) in [5.41, 5.74) is -1.29. The summed E-state index contributed by atoms with van der Waals surface area (Å²) in [6.45, 7) is 0. The van der Waals surface area contributed by atoms with E-state index in [2.05, 4.69) is 0 Å². The molecule has 1 atom stereocenters. The molecule has 1 aliphatic carbocycles. The van der Waals surface area contributed by atoms with Crippen molar-refractivity contribution in [2.24, 2.45) is 0 Å². The standard InChI is InChI=1S/C20H14O3/c21-16-8-9-19(22)20(23,12-16)18-7-3-6-15-10-13-4-1-2-5-14(13)11-17(15)18/h1-11,23H,12H2. The van der Waals surface area contributed by atoms with E-state index in [4.69, 9.17) is 0 Å². The molecule has 0 spiro atoms. The minimum atomic E-state index is -1.78. The number of benzene rings is 3. The van der Waals surface area contributed by atoms with Gasteiger partial charge in [0.2, 0.25) is 0 Å². The molecule has 112 valence electrons. The fourth-order valence-corrected chi connectivity index (χ4v) is 3.26. The van der Waals surface area contributed by atoms with Gasteiger partial charge in [-0.25, -0.2) is 0 Å². The molecule has 23 heavy (non-hydrogen) atoms. The minimum absolute atomic E-state index is 0.214. The lowest BCUT2D eigenvalue weighted by atomic mass is 9.79. The second-order valence-corrected chi connectivity index (χ2v) is 5.93. The zero-order valence-corrected chi connectivity index (χ0v) is 12.3. The highest BCUT2D eigenvalue weighted by Gasteiger charge is 2.41. The Labute approximate surface area is 132 Å². The van der Waals surface area contributed by atoms with E-state index in [1.165, 1.54) is 12.2 Å². The predicted octanol–water partition coefficient (Wildman–Crippen LogP) is 3.28. The first-order chi connectivity index (χ1) is 11.1. The van der Waals surface area contributed by atoms with Crippen LogP contribution in [0.5, 0.6) is 0 Å². The van der Waals surface area contributed by atoms with Crippen LogP contribution in [0.3, 0.4) is 0 Å². The highest BCUT2D eigenvalue weighted by Crippen LogP contribution is 2.36. The lowest BCUT2D eigenvalue weighted by Crippen LogP contribution is -2.39. The van der Waals surface area contributed by atoms with Gasteiger partial charge in [0.25, 0.3) is 0 Å². The lowest BCUT2D eigenvalue weighted by molar-refractivity contribution is -0.139. The van der Waals surface area contributed by atoms with Gasteiger partial charge in [-0.1, -0.05) is 42.5 Å². The molecule has 0 amide bonds. The zero-order valence-electron chi connectivity index (χ0n) is 12.3. The van der Waals surface area contributed by atoms with E-state index in [0.717, 1.165) is 21.5 Å². The van der Waals surface area contributed by atoms with Crippen molar-refractivity contribution in [1.29, 1.82) is 0 Å². The van der Waals surface area contributed by atoms with E-state index in [9.17, 15) is 14.7 Å². The summed E-state index contributed by atoms with van der Waals surface area (Å²) in [7, 11) is 0. The van der Waals surface area contributed by atoms with Crippen molar-refractivity contribution in [2.45, 2.75) is 12.0 Å². The van der Waals surface area contributed by atoms with Crippen LogP contribution in [-0.4, -0.2) is 16.7 Å². The van der Waals surface area contributed by atoms with Gasteiger partial charge in [0.15, 0.2) is 17.2 Å². The first-order valence-electron chi connectivity index (χ1n) is 7.48. The van der Waals surface area contributed by atoms with Crippen molar-refractivity contribution >= 4 is 33.1 Å². The second-order valence-electron chi connectivity index (χ2n) is 5.93. The Morgan fingerprint density at radius 1 is 0.826 bits per heavy atom. The van der Waals surface area contributed by atoms with E-state index in [1.54, 1.807) is 12.1 Å². The predicted molar refractivity (Wildman–Crippen MR) is 89.1 cm³/mol. The number of hydrogen-bond donors (Lipinski definition) is 1. The number of carbonyl (C=O) groups is 2. The maximum Gasteiger partial charge on any atom is 0.192 e. The Hall–Kier alpha value is -2.78. The van der Waals surface area contributed by atoms with E-state index in [0.29, 0.717) is 5.56 Å². The molecule has 1 N–H and O–H groups in total. The number of aliphatic hydroxyl groups is 1. The van der Waals surface area contributed by atoms with Crippen LogP contribution in [0.1, 0.15) is 12.0 Å². The van der Waals surface area contributed by atoms with Gasteiger partial charge < -0.3 is 5.11 Å². The maximum absolute atomic E-state index is 12.3. The summed E-state index contributed by atoms with van der Waals surface area (Å²) >= 11 is 0. The average molecular weight is 302 g/mol. The third kappa shape index (κ3) is 2.09. The smallest absolute Gasteiger partial charge is 0.192 e. The van der Waals surface area contributed by atoms with Crippen molar-refractivity contribution in [3.63, 3.8) is 0 Å². The Morgan fingerprint density at radius 2 is 1.52 bits per heavy atom. The van der Waals surface area contributed by atoms with E-state index in [-0.39, 0.29) is 12.2 Å².